The number of nitrogens with one attached hydrogen (secondary N) is 1. The number of methoxy groups -OCH3 is 1. The minimum absolute atomic E-state index is 0.607. The highest BCUT2D eigenvalue weighted by atomic mass is 16.5. The normalized spacial score (nSPS) is 15.1. The van der Waals surface area contributed by atoms with Gasteiger partial charge in [0.1, 0.15) is 11.4 Å². The first-order valence-corrected chi connectivity index (χ1v) is 5.13. The largest absolute Gasteiger partial charge is 0.466 e. The van der Waals surface area contributed by atoms with Crippen molar-refractivity contribution in [1.82, 2.24) is 5.32 Å². The van der Waals surface area contributed by atoms with Crippen molar-refractivity contribution in [3.63, 3.8) is 0 Å². The number of aliphatic hydroxyl groups is 1. The molecule has 4 heteroatoms. The van der Waals surface area contributed by atoms with Crippen LogP contribution < -0.4 is 5.32 Å². The third-order valence-corrected chi connectivity index (χ3v) is 2.32. The molecule has 4 nitrogen and oxygen atoms in total. The lowest BCUT2D eigenvalue weighted by Crippen LogP contribution is -2.29. The standard InChI is InChI=1S/C11H19NO3/c1-11(13,10-4-3-8-15-10)5-6-12-7-9-14-2/h3-4,8,12-13H,5-7,9H2,1-2H3. The van der Waals surface area contributed by atoms with Gasteiger partial charge in [0.05, 0.1) is 12.9 Å². The molecule has 0 bridgehead atoms. The molecular weight excluding hydrogens is 194 g/mol. The first-order chi connectivity index (χ1) is 7.17. The van der Waals surface area contributed by atoms with E-state index in [1.165, 1.54) is 0 Å². The molecule has 86 valence electrons. The molecule has 0 radical (unpaired) electrons. The Hall–Kier alpha value is -0.840. The van der Waals surface area contributed by atoms with Gasteiger partial charge in [-0.2, -0.15) is 0 Å². The van der Waals surface area contributed by atoms with E-state index in [4.69, 9.17) is 9.15 Å². The Morgan fingerprint density at radius 3 is 2.93 bits per heavy atom. The van der Waals surface area contributed by atoms with E-state index in [2.05, 4.69) is 5.32 Å². The molecule has 0 amide bonds. The molecule has 1 unspecified atom stereocenters. The van der Waals surface area contributed by atoms with Gasteiger partial charge in [-0.1, -0.05) is 0 Å². The minimum Gasteiger partial charge on any atom is -0.466 e. The average Bonchev–Trinajstić information content (AvgIpc) is 2.70. The molecule has 2 N–H and O–H groups in total. The van der Waals surface area contributed by atoms with Crippen LogP contribution in [0.15, 0.2) is 22.8 Å². The van der Waals surface area contributed by atoms with Gasteiger partial charge in [0.2, 0.25) is 0 Å². The molecule has 1 rings (SSSR count). The predicted octanol–water partition coefficient (Wildman–Crippen LogP) is 1.11. The summed E-state index contributed by atoms with van der Waals surface area (Å²) >= 11 is 0. The maximum Gasteiger partial charge on any atom is 0.135 e. The fourth-order valence-electron chi connectivity index (χ4n) is 1.34. The van der Waals surface area contributed by atoms with Gasteiger partial charge in [0.15, 0.2) is 0 Å². The van der Waals surface area contributed by atoms with Crippen LogP contribution in [-0.2, 0) is 10.3 Å². The molecule has 0 aliphatic carbocycles. The summed E-state index contributed by atoms with van der Waals surface area (Å²) in [7, 11) is 1.67. The van der Waals surface area contributed by atoms with Crippen molar-refractivity contribution in [2.45, 2.75) is 18.9 Å². The summed E-state index contributed by atoms with van der Waals surface area (Å²) in [6.45, 7) is 3.97. The Balaban J connectivity index is 2.25. The quantitative estimate of drug-likeness (QED) is 0.666. The monoisotopic (exact) mass is 213 g/mol. The van der Waals surface area contributed by atoms with E-state index in [9.17, 15) is 5.11 Å². The predicted molar refractivity (Wildman–Crippen MR) is 57.6 cm³/mol. The third kappa shape index (κ3) is 4.03. The van der Waals surface area contributed by atoms with Crippen LogP contribution in [0.25, 0.3) is 0 Å². The lowest BCUT2D eigenvalue weighted by Gasteiger charge is -2.20. The van der Waals surface area contributed by atoms with Gasteiger partial charge in [-0.15, -0.1) is 0 Å². The highest BCUT2D eigenvalue weighted by Gasteiger charge is 2.25. The van der Waals surface area contributed by atoms with Crippen molar-refractivity contribution in [2.24, 2.45) is 0 Å². The zero-order valence-electron chi connectivity index (χ0n) is 9.32. The van der Waals surface area contributed by atoms with E-state index in [1.807, 2.05) is 0 Å². The summed E-state index contributed by atoms with van der Waals surface area (Å²) < 4.78 is 10.1. The molecule has 0 aliphatic heterocycles. The van der Waals surface area contributed by atoms with Crippen LogP contribution in [-0.4, -0.2) is 31.9 Å². The molecule has 1 aromatic heterocycles. The Kier molecular flexibility index (Phi) is 4.81. The highest BCUT2D eigenvalue weighted by molar-refractivity contribution is 5.07. The van der Waals surface area contributed by atoms with Gasteiger partial charge < -0.3 is 19.6 Å². The Bertz CT molecular complexity index is 257. The first-order valence-electron chi connectivity index (χ1n) is 5.13. The van der Waals surface area contributed by atoms with E-state index >= 15 is 0 Å². The van der Waals surface area contributed by atoms with E-state index in [0.717, 1.165) is 13.1 Å². The van der Waals surface area contributed by atoms with Crippen molar-refractivity contribution in [2.75, 3.05) is 26.8 Å². The lowest BCUT2D eigenvalue weighted by molar-refractivity contribution is 0.0253. The van der Waals surface area contributed by atoms with Crippen molar-refractivity contribution >= 4 is 0 Å². The van der Waals surface area contributed by atoms with Crippen molar-refractivity contribution in [3.05, 3.63) is 24.2 Å². The first kappa shape index (κ1) is 12.2. The summed E-state index contributed by atoms with van der Waals surface area (Å²) in [5.41, 5.74) is -0.899. The van der Waals surface area contributed by atoms with Crippen LogP contribution in [0.3, 0.4) is 0 Å². The molecule has 0 fully saturated rings. The van der Waals surface area contributed by atoms with Crippen LogP contribution in [0.5, 0.6) is 0 Å². The average molecular weight is 213 g/mol. The van der Waals surface area contributed by atoms with Crippen LogP contribution in [0.2, 0.25) is 0 Å². The Labute approximate surface area is 90.2 Å². The SMILES string of the molecule is COCCNCCC(C)(O)c1ccco1. The molecule has 0 saturated carbocycles. The highest BCUT2D eigenvalue weighted by Crippen LogP contribution is 2.23. The van der Waals surface area contributed by atoms with Crippen LogP contribution in [0.4, 0.5) is 0 Å². The molecule has 1 atom stereocenters. The fraction of sp³-hybridized carbons (Fsp3) is 0.636. The molecule has 15 heavy (non-hydrogen) atoms. The zero-order chi connectivity index (χ0) is 11.1. The van der Waals surface area contributed by atoms with E-state index in [-0.39, 0.29) is 0 Å². The molecule has 0 saturated heterocycles. The smallest absolute Gasteiger partial charge is 0.135 e. The summed E-state index contributed by atoms with van der Waals surface area (Å²) in [4.78, 5) is 0. The van der Waals surface area contributed by atoms with Gasteiger partial charge in [-0.05, 0) is 32.0 Å². The van der Waals surface area contributed by atoms with Crippen molar-refractivity contribution < 1.29 is 14.3 Å². The van der Waals surface area contributed by atoms with E-state index < -0.39 is 5.60 Å². The molecule has 0 spiro atoms. The number of rotatable bonds is 7. The maximum atomic E-state index is 10.1. The van der Waals surface area contributed by atoms with E-state index in [1.54, 1.807) is 32.4 Å². The van der Waals surface area contributed by atoms with Crippen LogP contribution in [0, 0.1) is 0 Å². The topological polar surface area (TPSA) is 54.6 Å². The van der Waals surface area contributed by atoms with Crippen LogP contribution in [0.1, 0.15) is 19.1 Å². The van der Waals surface area contributed by atoms with E-state index in [0.29, 0.717) is 18.8 Å². The fourth-order valence-corrected chi connectivity index (χ4v) is 1.34. The van der Waals surface area contributed by atoms with Gasteiger partial charge in [-0.25, -0.2) is 0 Å². The summed E-state index contributed by atoms with van der Waals surface area (Å²) in [5.74, 6) is 0.607. The second kappa shape index (κ2) is 5.90. The Morgan fingerprint density at radius 2 is 2.33 bits per heavy atom. The van der Waals surface area contributed by atoms with Gasteiger partial charge >= 0.3 is 0 Å². The van der Waals surface area contributed by atoms with Crippen LogP contribution >= 0.6 is 0 Å². The number of hydrogen-bond donors (Lipinski definition) is 2. The van der Waals surface area contributed by atoms with Gasteiger partial charge in [0, 0.05) is 13.7 Å². The maximum absolute atomic E-state index is 10.1. The summed E-state index contributed by atoms with van der Waals surface area (Å²) in [5, 5.41) is 13.2. The number of ether oxygens (including phenoxy) is 1. The molecule has 1 heterocycles. The van der Waals surface area contributed by atoms with Gasteiger partial charge in [0.25, 0.3) is 0 Å². The molecule has 0 aromatic carbocycles. The second-order valence-electron chi connectivity index (χ2n) is 3.74. The second-order valence-corrected chi connectivity index (χ2v) is 3.74. The molecule has 1 aromatic rings. The minimum atomic E-state index is -0.899. The molecular formula is C11H19NO3. The van der Waals surface area contributed by atoms with Crippen molar-refractivity contribution in [3.8, 4) is 0 Å². The summed E-state index contributed by atoms with van der Waals surface area (Å²) in [6.07, 6.45) is 2.19. The molecule has 0 aliphatic rings. The zero-order valence-corrected chi connectivity index (χ0v) is 9.32. The number of furan rings is 1. The Morgan fingerprint density at radius 1 is 1.53 bits per heavy atom. The summed E-state index contributed by atoms with van der Waals surface area (Å²) in [6, 6.07) is 3.57. The third-order valence-electron chi connectivity index (χ3n) is 2.32. The van der Waals surface area contributed by atoms with Gasteiger partial charge in [-0.3, -0.25) is 0 Å². The number of hydrogen-bond acceptors (Lipinski definition) is 4. The lowest BCUT2D eigenvalue weighted by atomic mass is 9.99. The van der Waals surface area contributed by atoms with Crippen molar-refractivity contribution in [1.29, 1.82) is 0 Å².